The van der Waals surface area contributed by atoms with Crippen LogP contribution in [0, 0.1) is 34.0 Å². The van der Waals surface area contributed by atoms with Crippen LogP contribution >= 0.6 is 11.6 Å². The van der Waals surface area contributed by atoms with E-state index < -0.39 is 63.3 Å². The lowest BCUT2D eigenvalue weighted by Gasteiger charge is -2.65. The number of rotatable bonds is 3. The lowest BCUT2D eigenvalue weighted by Crippen LogP contribution is -2.71. The van der Waals surface area contributed by atoms with Crippen molar-refractivity contribution >= 4 is 34.9 Å². The number of hydrogen-bond donors (Lipinski definition) is 3. The number of allylic oxidation sites excluding steroid dienone is 2. The number of ketones is 3. The Kier molecular flexibility index (Phi) is 5.97. The summed E-state index contributed by atoms with van der Waals surface area (Å²) in [5.41, 5.74) is -4.23. The third-order valence-corrected chi connectivity index (χ3v) is 11.6. The van der Waals surface area contributed by atoms with Crippen molar-refractivity contribution in [3.05, 3.63) is 23.0 Å². The van der Waals surface area contributed by atoms with E-state index >= 15 is 0 Å². The molecule has 0 aromatic rings. The van der Waals surface area contributed by atoms with Gasteiger partial charge in [-0.15, -0.1) is 11.6 Å². The van der Waals surface area contributed by atoms with Gasteiger partial charge in [0.1, 0.15) is 23.5 Å². The number of carbonyl (C=O) groups is 4. The molecule has 2 heterocycles. The molecule has 9 heteroatoms. The van der Waals surface area contributed by atoms with Gasteiger partial charge >= 0.3 is 0 Å². The molecule has 8 atom stereocenters. The molecule has 1 amide bonds. The zero-order valence-corrected chi connectivity index (χ0v) is 23.7. The van der Waals surface area contributed by atoms with E-state index in [-0.39, 0.29) is 41.4 Å². The molecule has 5 fully saturated rings. The second kappa shape index (κ2) is 8.24. The van der Waals surface area contributed by atoms with Crippen molar-refractivity contribution in [1.29, 1.82) is 0 Å². The standard InChI is InChI=1S/C29H38ClNO7/c1-14-9-17-16-8-7-15-10-18(32)22(19(33)12-31-24(36)25(2,3)4)23-27(15,6)28(16,30)20(34)11-26(17,5)29(14,37)21(35)13-38-23/h10,14,16-17,20,34,37H,7-9,11-13H2,1-6H3,(H,31,36)/t14-,16-,17-,20+,26+,27+,28?,29-/m0/s1. The highest BCUT2D eigenvalue weighted by Crippen LogP contribution is 2.73. The number of Topliss-reactive ketones (excluding diaryl/α,β-unsaturated/α-hetero) is 2. The fourth-order valence-electron chi connectivity index (χ4n) is 8.55. The predicted octanol–water partition coefficient (Wildman–Crippen LogP) is 2.63. The van der Waals surface area contributed by atoms with E-state index in [1.807, 2.05) is 13.8 Å². The van der Waals surface area contributed by atoms with Crippen molar-refractivity contribution in [3.63, 3.8) is 0 Å². The molecule has 3 saturated carbocycles. The molecule has 4 aliphatic carbocycles. The molecule has 0 aromatic carbocycles. The zero-order chi connectivity index (χ0) is 28.2. The van der Waals surface area contributed by atoms with E-state index in [9.17, 15) is 29.4 Å². The van der Waals surface area contributed by atoms with Gasteiger partial charge in [0, 0.05) is 10.8 Å². The van der Waals surface area contributed by atoms with Crippen LogP contribution in [-0.2, 0) is 23.9 Å². The maximum absolute atomic E-state index is 13.7. The van der Waals surface area contributed by atoms with Crippen LogP contribution in [-0.4, -0.2) is 63.2 Å². The molecular formula is C29H38ClNO7. The fourth-order valence-corrected chi connectivity index (χ4v) is 9.09. The van der Waals surface area contributed by atoms with Gasteiger partial charge < -0.3 is 20.3 Å². The summed E-state index contributed by atoms with van der Waals surface area (Å²) >= 11 is 7.59. The van der Waals surface area contributed by atoms with Gasteiger partial charge in [0.05, 0.1) is 22.9 Å². The van der Waals surface area contributed by atoms with E-state index in [0.29, 0.717) is 24.8 Å². The number of halogens is 1. The van der Waals surface area contributed by atoms with Crippen molar-refractivity contribution < 1.29 is 34.1 Å². The van der Waals surface area contributed by atoms with Crippen LogP contribution < -0.4 is 5.32 Å². The molecule has 0 radical (unpaired) electrons. The number of amides is 1. The summed E-state index contributed by atoms with van der Waals surface area (Å²) in [7, 11) is 0. The number of nitrogens with one attached hydrogen (secondary N) is 1. The lowest BCUT2D eigenvalue weighted by atomic mass is 9.44. The monoisotopic (exact) mass is 547 g/mol. The first-order valence-electron chi connectivity index (χ1n) is 13.5. The molecule has 0 spiro atoms. The maximum Gasteiger partial charge on any atom is 0.225 e. The van der Waals surface area contributed by atoms with Crippen molar-refractivity contribution in [2.24, 2.45) is 34.0 Å². The van der Waals surface area contributed by atoms with Gasteiger partial charge in [-0.2, -0.15) is 0 Å². The van der Waals surface area contributed by atoms with Crippen LogP contribution in [0.3, 0.4) is 0 Å². The normalized spacial score (nSPS) is 44.0. The Morgan fingerprint density at radius 3 is 2.50 bits per heavy atom. The van der Waals surface area contributed by atoms with E-state index in [2.05, 4.69) is 5.32 Å². The predicted molar refractivity (Wildman–Crippen MR) is 139 cm³/mol. The Labute approximate surface area is 228 Å². The summed E-state index contributed by atoms with van der Waals surface area (Å²) in [6.07, 6.45) is 2.05. The van der Waals surface area contributed by atoms with Gasteiger partial charge in [0.15, 0.2) is 11.6 Å². The first kappa shape index (κ1) is 27.5. The third kappa shape index (κ3) is 3.17. The van der Waals surface area contributed by atoms with Crippen molar-refractivity contribution in [1.82, 2.24) is 5.32 Å². The molecule has 6 aliphatic rings. The fraction of sp³-hybridized carbons (Fsp3) is 0.724. The molecule has 3 N–H and O–H groups in total. The summed E-state index contributed by atoms with van der Waals surface area (Å²) in [6.45, 7) is 9.69. The highest BCUT2D eigenvalue weighted by Gasteiger charge is 2.76. The number of hydrogen-bond acceptors (Lipinski definition) is 7. The molecule has 8 nitrogen and oxygen atoms in total. The summed E-state index contributed by atoms with van der Waals surface area (Å²) in [5, 5.41) is 26.4. The molecule has 208 valence electrons. The molecule has 0 aromatic heterocycles. The molecule has 2 aliphatic heterocycles. The molecule has 38 heavy (non-hydrogen) atoms. The lowest BCUT2D eigenvalue weighted by molar-refractivity contribution is -0.188. The van der Waals surface area contributed by atoms with Gasteiger partial charge in [0.2, 0.25) is 11.7 Å². The molecule has 2 saturated heterocycles. The van der Waals surface area contributed by atoms with E-state index in [1.165, 1.54) is 6.08 Å². The topological polar surface area (TPSA) is 130 Å². The second-order valence-electron chi connectivity index (χ2n) is 13.5. The second-order valence-corrected chi connectivity index (χ2v) is 14.1. The molecule has 1 unspecified atom stereocenters. The van der Waals surface area contributed by atoms with Crippen LogP contribution in [0.1, 0.15) is 67.2 Å². The highest BCUT2D eigenvalue weighted by atomic mass is 35.5. The van der Waals surface area contributed by atoms with Crippen molar-refractivity contribution in [3.8, 4) is 0 Å². The average Bonchev–Trinajstić information content (AvgIpc) is 3.02. The number of alkyl halides is 1. The summed E-state index contributed by atoms with van der Waals surface area (Å²) < 4.78 is 6.12. The number of aliphatic hydroxyl groups excluding tert-OH is 1. The first-order valence-corrected chi connectivity index (χ1v) is 13.9. The number of carbonyl (C=O) groups excluding carboxylic acids is 4. The Balaban J connectivity index is 1.70. The van der Waals surface area contributed by atoms with Crippen LogP contribution in [0.4, 0.5) is 0 Å². The SMILES string of the molecule is C[C@H]1C[C@H]2[C@@H]3CCC4=CC(=O)C(C(=O)CNC(=O)C(C)(C)C)=C5OCC(=O)[C@]1(O)[C@]2(C)C[C@@H](O)C3(Cl)[C@]45C. The summed E-state index contributed by atoms with van der Waals surface area (Å²) in [6, 6.07) is 0. The Morgan fingerprint density at radius 2 is 1.87 bits per heavy atom. The van der Waals surface area contributed by atoms with E-state index in [0.717, 1.165) is 0 Å². The number of ether oxygens (including phenoxy) is 1. The van der Waals surface area contributed by atoms with Crippen LogP contribution in [0.15, 0.2) is 23.0 Å². The summed E-state index contributed by atoms with van der Waals surface area (Å²) in [4.78, 5) is 51.8. The van der Waals surface area contributed by atoms with Gasteiger partial charge in [0.25, 0.3) is 0 Å². The number of fused-ring (bicyclic) bond motifs is 3. The minimum absolute atomic E-state index is 0.0386. The largest absolute Gasteiger partial charge is 0.488 e. The molecule has 6 bridgehead atoms. The third-order valence-electron chi connectivity index (χ3n) is 10.6. The number of aliphatic hydroxyl groups is 2. The smallest absolute Gasteiger partial charge is 0.225 e. The first-order chi connectivity index (χ1) is 17.5. The minimum Gasteiger partial charge on any atom is -0.488 e. The van der Waals surface area contributed by atoms with Crippen LogP contribution in [0.5, 0.6) is 0 Å². The van der Waals surface area contributed by atoms with Crippen molar-refractivity contribution in [2.75, 3.05) is 13.2 Å². The van der Waals surface area contributed by atoms with E-state index in [4.69, 9.17) is 16.3 Å². The van der Waals surface area contributed by atoms with Gasteiger partial charge in [-0.05, 0) is 56.4 Å². The maximum atomic E-state index is 13.7. The van der Waals surface area contributed by atoms with E-state index in [1.54, 1.807) is 27.7 Å². The Morgan fingerprint density at radius 1 is 1.21 bits per heavy atom. The van der Waals surface area contributed by atoms with Gasteiger partial charge in [-0.1, -0.05) is 40.2 Å². The molecular weight excluding hydrogens is 510 g/mol. The average molecular weight is 548 g/mol. The Bertz CT molecular complexity index is 1220. The zero-order valence-electron chi connectivity index (χ0n) is 22.9. The summed E-state index contributed by atoms with van der Waals surface area (Å²) in [5.74, 6) is -2.98. The van der Waals surface area contributed by atoms with Gasteiger partial charge in [-0.25, -0.2) is 0 Å². The molecule has 6 rings (SSSR count). The Hall–Kier alpha value is -2.03. The van der Waals surface area contributed by atoms with Crippen molar-refractivity contribution in [2.45, 2.75) is 83.8 Å². The highest BCUT2D eigenvalue weighted by molar-refractivity contribution is 6.29. The van der Waals surface area contributed by atoms with Crippen LogP contribution in [0.2, 0.25) is 0 Å². The van der Waals surface area contributed by atoms with Crippen LogP contribution in [0.25, 0.3) is 0 Å². The minimum atomic E-state index is -1.75. The van der Waals surface area contributed by atoms with Gasteiger partial charge in [-0.3, -0.25) is 19.2 Å². The quantitative estimate of drug-likeness (QED) is 0.366.